The summed E-state index contributed by atoms with van der Waals surface area (Å²) in [4.78, 5) is 11.8. The molecule has 6 nitrogen and oxygen atoms in total. The van der Waals surface area contributed by atoms with Gasteiger partial charge in [0.25, 0.3) is 0 Å². The van der Waals surface area contributed by atoms with Crippen LogP contribution in [0.25, 0.3) is 11.5 Å². The summed E-state index contributed by atoms with van der Waals surface area (Å²) in [6.07, 6.45) is 3.98. The zero-order chi connectivity index (χ0) is 19.9. The van der Waals surface area contributed by atoms with Gasteiger partial charge in [-0.1, -0.05) is 17.7 Å². The van der Waals surface area contributed by atoms with E-state index in [1.807, 2.05) is 12.1 Å². The highest BCUT2D eigenvalue weighted by Gasteiger charge is 2.21. The van der Waals surface area contributed by atoms with Crippen molar-refractivity contribution >= 4 is 5.96 Å². The van der Waals surface area contributed by atoms with Crippen LogP contribution in [0.3, 0.4) is 0 Å². The van der Waals surface area contributed by atoms with Crippen molar-refractivity contribution in [2.75, 3.05) is 19.6 Å². The molecular weight excluding hydrogens is 350 g/mol. The smallest absolute Gasteiger partial charge is 0.226 e. The minimum atomic E-state index is 0.466. The molecule has 0 saturated carbocycles. The van der Waals surface area contributed by atoms with E-state index >= 15 is 0 Å². The summed E-state index contributed by atoms with van der Waals surface area (Å²) in [5, 5.41) is 6.93. The molecule has 0 unspecified atom stereocenters. The van der Waals surface area contributed by atoms with Crippen molar-refractivity contribution in [3.05, 3.63) is 41.8 Å². The van der Waals surface area contributed by atoms with Crippen molar-refractivity contribution in [3.63, 3.8) is 0 Å². The van der Waals surface area contributed by atoms with E-state index in [9.17, 15) is 0 Å². The van der Waals surface area contributed by atoms with Crippen molar-refractivity contribution in [3.8, 4) is 11.5 Å². The van der Waals surface area contributed by atoms with Crippen LogP contribution in [-0.2, 0) is 6.54 Å². The third-order valence-corrected chi connectivity index (χ3v) is 5.19. The van der Waals surface area contributed by atoms with Crippen LogP contribution in [0.15, 0.2) is 39.9 Å². The number of hydrogen-bond acceptors (Lipinski definition) is 4. The van der Waals surface area contributed by atoms with E-state index in [-0.39, 0.29) is 0 Å². The molecule has 1 aliphatic heterocycles. The Morgan fingerprint density at radius 2 is 1.96 bits per heavy atom. The molecule has 3 rings (SSSR count). The van der Waals surface area contributed by atoms with Crippen molar-refractivity contribution in [2.45, 2.75) is 59.2 Å². The molecule has 1 saturated heterocycles. The van der Waals surface area contributed by atoms with Crippen molar-refractivity contribution in [1.82, 2.24) is 20.5 Å². The fourth-order valence-electron chi connectivity index (χ4n) is 3.44. The largest absolute Gasteiger partial charge is 0.444 e. The Hall–Kier alpha value is -2.34. The molecule has 1 fully saturated rings. The highest BCUT2D eigenvalue weighted by Crippen LogP contribution is 2.19. The van der Waals surface area contributed by atoms with Gasteiger partial charge in [-0.3, -0.25) is 0 Å². The number of oxazole rings is 1. The molecule has 0 bridgehead atoms. The van der Waals surface area contributed by atoms with Crippen molar-refractivity contribution < 1.29 is 4.42 Å². The molecule has 0 amide bonds. The highest BCUT2D eigenvalue weighted by atomic mass is 16.3. The summed E-state index contributed by atoms with van der Waals surface area (Å²) in [6.45, 7) is 12.3. The van der Waals surface area contributed by atoms with Crippen LogP contribution in [0.2, 0.25) is 0 Å². The van der Waals surface area contributed by atoms with Crippen LogP contribution in [0.4, 0.5) is 0 Å². The predicted octanol–water partition coefficient (Wildman–Crippen LogP) is 3.58. The summed E-state index contributed by atoms with van der Waals surface area (Å²) in [6, 6.07) is 9.28. The van der Waals surface area contributed by atoms with Gasteiger partial charge in [-0.15, -0.1) is 0 Å². The Morgan fingerprint density at radius 1 is 1.25 bits per heavy atom. The maximum atomic E-state index is 5.64. The van der Waals surface area contributed by atoms with Gasteiger partial charge in [-0.2, -0.15) is 0 Å². The Kier molecular flexibility index (Phi) is 7.09. The molecule has 0 aliphatic carbocycles. The third-order valence-electron chi connectivity index (χ3n) is 5.19. The third kappa shape index (κ3) is 5.58. The minimum absolute atomic E-state index is 0.466. The first-order valence-corrected chi connectivity index (χ1v) is 10.4. The van der Waals surface area contributed by atoms with Crippen LogP contribution in [0.5, 0.6) is 0 Å². The second-order valence-corrected chi connectivity index (χ2v) is 7.75. The molecule has 2 heterocycles. The van der Waals surface area contributed by atoms with E-state index in [0.29, 0.717) is 24.5 Å². The number of nitrogens with one attached hydrogen (secondary N) is 2. The first-order chi connectivity index (χ1) is 13.5. The number of aryl methyl sites for hydroxylation is 1. The Bertz CT molecular complexity index is 757. The molecule has 1 aromatic carbocycles. The molecular formula is C22H33N5O. The normalized spacial score (nSPS) is 16.5. The summed E-state index contributed by atoms with van der Waals surface area (Å²) >= 11 is 0. The lowest BCUT2D eigenvalue weighted by Crippen LogP contribution is -2.49. The fraction of sp³-hybridized carbons (Fsp3) is 0.545. The SMILES string of the molecule is CCNC(=NCc1coc(-c2ccc(C)cc2)n1)NC1CCN(C(C)C)CC1. The van der Waals surface area contributed by atoms with E-state index in [4.69, 9.17) is 9.41 Å². The molecule has 28 heavy (non-hydrogen) atoms. The lowest BCUT2D eigenvalue weighted by atomic mass is 10.0. The summed E-state index contributed by atoms with van der Waals surface area (Å²) in [7, 11) is 0. The standard InChI is InChI=1S/C22H33N5O/c1-5-23-22(26-19-10-12-27(13-11-19)16(2)3)24-14-20-15-28-21(25-20)18-8-6-17(4)7-9-18/h6-9,15-16,19H,5,10-14H2,1-4H3,(H2,23,24,26). The Balaban J connectivity index is 1.58. The quantitative estimate of drug-likeness (QED) is 0.590. The van der Waals surface area contributed by atoms with Gasteiger partial charge in [0, 0.05) is 37.3 Å². The molecule has 0 atom stereocenters. The molecule has 0 radical (unpaired) electrons. The van der Waals surface area contributed by atoms with Crippen LogP contribution >= 0.6 is 0 Å². The lowest BCUT2D eigenvalue weighted by Gasteiger charge is -2.35. The maximum absolute atomic E-state index is 5.64. The number of guanidine groups is 1. The number of aromatic nitrogens is 1. The minimum Gasteiger partial charge on any atom is -0.444 e. The van der Waals surface area contributed by atoms with E-state index < -0.39 is 0 Å². The number of benzene rings is 1. The average Bonchev–Trinajstić information content (AvgIpc) is 3.16. The molecule has 152 valence electrons. The summed E-state index contributed by atoms with van der Waals surface area (Å²) in [5.41, 5.74) is 3.05. The van der Waals surface area contributed by atoms with Gasteiger partial charge in [0.1, 0.15) is 12.0 Å². The van der Waals surface area contributed by atoms with Gasteiger partial charge in [-0.05, 0) is 52.7 Å². The molecule has 0 spiro atoms. The Morgan fingerprint density at radius 3 is 2.61 bits per heavy atom. The van der Waals surface area contributed by atoms with Gasteiger partial charge in [0.15, 0.2) is 5.96 Å². The molecule has 2 N–H and O–H groups in total. The maximum Gasteiger partial charge on any atom is 0.226 e. The first-order valence-electron chi connectivity index (χ1n) is 10.4. The van der Waals surface area contributed by atoms with Crippen LogP contribution < -0.4 is 10.6 Å². The summed E-state index contributed by atoms with van der Waals surface area (Å²) in [5.74, 6) is 1.50. The van der Waals surface area contributed by atoms with Crippen molar-refractivity contribution in [2.24, 2.45) is 4.99 Å². The second kappa shape index (κ2) is 9.73. The van der Waals surface area contributed by atoms with Gasteiger partial charge in [-0.25, -0.2) is 9.98 Å². The van der Waals surface area contributed by atoms with E-state index in [1.54, 1.807) is 6.26 Å². The number of nitrogens with zero attached hydrogens (tertiary/aromatic N) is 3. The lowest BCUT2D eigenvalue weighted by molar-refractivity contribution is 0.167. The topological polar surface area (TPSA) is 65.7 Å². The van der Waals surface area contributed by atoms with Gasteiger partial charge in [0.05, 0.1) is 6.54 Å². The van der Waals surface area contributed by atoms with Crippen LogP contribution in [-0.4, -0.2) is 47.6 Å². The van der Waals surface area contributed by atoms with E-state index in [0.717, 1.165) is 49.7 Å². The zero-order valence-electron chi connectivity index (χ0n) is 17.5. The number of rotatable bonds is 6. The average molecular weight is 384 g/mol. The van der Waals surface area contributed by atoms with Crippen LogP contribution in [0, 0.1) is 6.92 Å². The van der Waals surface area contributed by atoms with Crippen LogP contribution in [0.1, 0.15) is 44.9 Å². The fourth-order valence-corrected chi connectivity index (χ4v) is 3.44. The van der Waals surface area contributed by atoms with E-state index in [1.165, 1.54) is 5.56 Å². The number of piperidine rings is 1. The summed E-state index contributed by atoms with van der Waals surface area (Å²) < 4.78 is 5.64. The second-order valence-electron chi connectivity index (χ2n) is 7.75. The number of hydrogen-bond donors (Lipinski definition) is 2. The molecule has 1 aliphatic rings. The molecule has 1 aromatic heterocycles. The van der Waals surface area contributed by atoms with Crippen molar-refractivity contribution in [1.29, 1.82) is 0 Å². The van der Waals surface area contributed by atoms with Gasteiger partial charge >= 0.3 is 0 Å². The Labute approximate surface area is 168 Å². The van der Waals surface area contributed by atoms with E-state index in [2.05, 4.69) is 60.3 Å². The van der Waals surface area contributed by atoms with Gasteiger partial charge < -0.3 is 20.0 Å². The van der Waals surface area contributed by atoms with Gasteiger partial charge in [0.2, 0.25) is 5.89 Å². The monoisotopic (exact) mass is 383 g/mol. The number of aliphatic imine (C=N–C) groups is 1. The zero-order valence-corrected chi connectivity index (χ0v) is 17.5. The first kappa shape index (κ1) is 20.4. The highest BCUT2D eigenvalue weighted by molar-refractivity contribution is 5.80. The predicted molar refractivity (Wildman–Crippen MR) is 114 cm³/mol. The molecule has 6 heteroatoms. The molecule has 2 aromatic rings. The number of likely N-dealkylation sites (tertiary alicyclic amines) is 1.